The lowest BCUT2D eigenvalue weighted by Gasteiger charge is -2.41. The summed E-state index contributed by atoms with van der Waals surface area (Å²) in [4.78, 5) is 37.8. The third-order valence-electron chi connectivity index (χ3n) is 4.05. The molecule has 2 saturated heterocycles. The maximum atomic E-state index is 12.4. The van der Waals surface area contributed by atoms with Gasteiger partial charge in [0.1, 0.15) is 12.3 Å². The highest BCUT2D eigenvalue weighted by Gasteiger charge is 2.38. The molecule has 21 heavy (non-hydrogen) atoms. The van der Waals surface area contributed by atoms with Gasteiger partial charge in [-0.05, 0) is 26.7 Å². The first kappa shape index (κ1) is 15.9. The fraction of sp³-hybridized carbons (Fsp3) is 0.786. The molecule has 2 atom stereocenters. The van der Waals surface area contributed by atoms with Gasteiger partial charge in [0.15, 0.2) is 0 Å². The molecule has 1 N–H and O–H groups in total. The Morgan fingerprint density at radius 3 is 2.76 bits per heavy atom. The lowest BCUT2D eigenvalue weighted by Crippen LogP contribution is -2.57. The second kappa shape index (κ2) is 6.11. The van der Waals surface area contributed by atoms with Crippen molar-refractivity contribution in [3.8, 4) is 0 Å². The first-order valence-electron chi connectivity index (χ1n) is 7.19. The molecule has 2 fully saturated rings. The maximum Gasteiger partial charge on any atom is 0.326 e. The molecule has 2 aliphatic rings. The number of rotatable bonds is 4. The van der Waals surface area contributed by atoms with E-state index < -0.39 is 23.7 Å². The number of nitrogens with zero attached hydrogens (tertiary/aromatic N) is 2. The number of morpholine rings is 1. The molecule has 2 aliphatic heterocycles. The zero-order chi connectivity index (χ0) is 15.6. The van der Waals surface area contributed by atoms with Crippen LogP contribution in [0.3, 0.4) is 0 Å². The predicted octanol–water partition coefficient (Wildman–Crippen LogP) is -0.260. The fourth-order valence-corrected chi connectivity index (χ4v) is 2.95. The van der Waals surface area contributed by atoms with E-state index in [-0.39, 0.29) is 19.1 Å². The summed E-state index contributed by atoms with van der Waals surface area (Å²) in [5, 5.41) is 9.14. The van der Waals surface area contributed by atoms with Gasteiger partial charge in [0, 0.05) is 13.1 Å². The van der Waals surface area contributed by atoms with Gasteiger partial charge in [0.25, 0.3) is 0 Å². The van der Waals surface area contributed by atoms with Crippen LogP contribution in [0.5, 0.6) is 0 Å². The molecule has 0 aromatic heterocycles. The molecule has 0 saturated carbocycles. The summed E-state index contributed by atoms with van der Waals surface area (Å²) in [6.45, 7) is 5.05. The van der Waals surface area contributed by atoms with Crippen molar-refractivity contribution >= 4 is 18.2 Å². The van der Waals surface area contributed by atoms with Gasteiger partial charge in [-0.15, -0.1) is 0 Å². The Morgan fingerprint density at radius 2 is 2.14 bits per heavy atom. The van der Waals surface area contributed by atoms with Gasteiger partial charge >= 0.3 is 5.97 Å². The number of hydrogen-bond acceptors (Lipinski definition) is 5. The van der Waals surface area contributed by atoms with Crippen molar-refractivity contribution in [1.82, 2.24) is 9.80 Å². The van der Waals surface area contributed by atoms with E-state index in [1.54, 1.807) is 4.90 Å². The van der Waals surface area contributed by atoms with E-state index in [9.17, 15) is 14.4 Å². The molecule has 0 aromatic carbocycles. The van der Waals surface area contributed by atoms with Crippen molar-refractivity contribution in [2.24, 2.45) is 0 Å². The van der Waals surface area contributed by atoms with Crippen LogP contribution >= 0.6 is 0 Å². The molecule has 0 unspecified atom stereocenters. The second-order valence-corrected chi connectivity index (χ2v) is 6.26. The molecule has 7 heteroatoms. The van der Waals surface area contributed by atoms with Gasteiger partial charge < -0.3 is 19.5 Å². The van der Waals surface area contributed by atoms with Gasteiger partial charge in [0.2, 0.25) is 5.91 Å². The lowest BCUT2D eigenvalue weighted by molar-refractivity contribution is -0.153. The van der Waals surface area contributed by atoms with Crippen molar-refractivity contribution in [1.29, 1.82) is 0 Å². The van der Waals surface area contributed by atoms with Crippen LogP contribution in [-0.4, -0.2) is 77.0 Å². The molecule has 0 bridgehead atoms. The molecule has 2 heterocycles. The Kier molecular flexibility index (Phi) is 4.63. The zero-order valence-electron chi connectivity index (χ0n) is 12.4. The van der Waals surface area contributed by atoms with E-state index in [0.29, 0.717) is 25.9 Å². The normalized spacial score (nSPS) is 29.3. The summed E-state index contributed by atoms with van der Waals surface area (Å²) in [6, 6.07) is -1.19. The maximum absolute atomic E-state index is 12.4. The molecular formula is C14H22N2O5. The van der Waals surface area contributed by atoms with E-state index in [4.69, 9.17) is 9.84 Å². The van der Waals surface area contributed by atoms with Crippen molar-refractivity contribution in [3.05, 3.63) is 0 Å². The predicted molar refractivity (Wildman–Crippen MR) is 73.8 cm³/mol. The van der Waals surface area contributed by atoms with Crippen molar-refractivity contribution in [3.63, 3.8) is 0 Å². The average molecular weight is 298 g/mol. The van der Waals surface area contributed by atoms with Crippen molar-refractivity contribution in [2.75, 3.05) is 26.2 Å². The monoisotopic (exact) mass is 298 g/mol. The number of ether oxygens (including phenoxy) is 1. The minimum atomic E-state index is -0.963. The summed E-state index contributed by atoms with van der Waals surface area (Å²) in [7, 11) is 0. The summed E-state index contributed by atoms with van der Waals surface area (Å²) >= 11 is 0. The van der Waals surface area contributed by atoms with Gasteiger partial charge in [0.05, 0.1) is 24.8 Å². The van der Waals surface area contributed by atoms with E-state index in [1.165, 1.54) is 4.90 Å². The number of carboxylic acids is 1. The largest absolute Gasteiger partial charge is 0.480 e. The topological polar surface area (TPSA) is 87.2 Å². The zero-order valence-corrected chi connectivity index (χ0v) is 12.4. The number of amides is 1. The number of aldehydes is 1. The summed E-state index contributed by atoms with van der Waals surface area (Å²) < 4.78 is 5.57. The van der Waals surface area contributed by atoms with Crippen molar-refractivity contribution in [2.45, 2.75) is 44.4 Å². The highest BCUT2D eigenvalue weighted by atomic mass is 16.5. The Balaban J connectivity index is 2.03. The Bertz CT molecular complexity index is 437. The molecule has 0 spiro atoms. The fourth-order valence-electron chi connectivity index (χ4n) is 2.95. The van der Waals surface area contributed by atoms with Crippen LogP contribution < -0.4 is 0 Å². The van der Waals surface area contributed by atoms with Gasteiger partial charge in [-0.3, -0.25) is 9.69 Å². The summed E-state index contributed by atoms with van der Waals surface area (Å²) in [6.07, 6.45) is 1.97. The molecule has 0 radical (unpaired) electrons. The first-order valence-corrected chi connectivity index (χ1v) is 7.19. The SMILES string of the molecule is CC1(C)CN(CC(=O)N2CCC[C@@H]2C(=O)O)[C@H](C=O)CO1. The quantitative estimate of drug-likeness (QED) is 0.720. The Hall–Kier alpha value is -1.47. The molecule has 1 amide bonds. The third kappa shape index (κ3) is 3.59. The molecule has 2 rings (SSSR count). The smallest absolute Gasteiger partial charge is 0.326 e. The summed E-state index contributed by atoms with van der Waals surface area (Å²) in [5.41, 5.74) is -0.420. The van der Waals surface area contributed by atoms with Gasteiger partial charge in [-0.1, -0.05) is 0 Å². The number of likely N-dealkylation sites (tertiary alicyclic amines) is 1. The second-order valence-electron chi connectivity index (χ2n) is 6.26. The standard InChI is InChI=1S/C14H22N2O5/c1-14(2)9-15(10(7-17)8-21-14)6-12(18)16-5-3-4-11(16)13(19)20/h7,10-11H,3-6,8-9H2,1-2H3,(H,19,20)/t10-,11-/m1/s1. The third-order valence-corrected chi connectivity index (χ3v) is 4.05. The van der Waals surface area contributed by atoms with Crippen LogP contribution in [0.4, 0.5) is 0 Å². The van der Waals surface area contributed by atoms with Crippen molar-refractivity contribution < 1.29 is 24.2 Å². The van der Waals surface area contributed by atoms with Crippen LogP contribution in [0, 0.1) is 0 Å². The number of carbonyl (C=O) groups is 3. The van der Waals surface area contributed by atoms with Gasteiger partial charge in [-0.25, -0.2) is 4.79 Å². The Labute approximate surface area is 123 Å². The van der Waals surface area contributed by atoms with Crippen LogP contribution in [0.1, 0.15) is 26.7 Å². The van der Waals surface area contributed by atoms with Crippen LogP contribution in [0.25, 0.3) is 0 Å². The van der Waals surface area contributed by atoms with Crippen LogP contribution in [0.2, 0.25) is 0 Å². The number of carbonyl (C=O) groups excluding carboxylic acids is 2. The minimum absolute atomic E-state index is 0.0555. The van der Waals surface area contributed by atoms with Crippen LogP contribution in [0.15, 0.2) is 0 Å². The Morgan fingerprint density at radius 1 is 1.43 bits per heavy atom. The molecular weight excluding hydrogens is 276 g/mol. The molecule has 118 valence electrons. The van der Waals surface area contributed by atoms with E-state index in [0.717, 1.165) is 6.29 Å². The highest BCUT2D eigenvalue weighted by molar-refractivity contribution is 5.85. The highest BCUT2D eigenvalue weighted by Crippen LogP contribution is 2.22. The molecule has 7 nitrogen and oxygen atoms in total. The van der Waals surface area contributed by atoms with E-state index in [2.05, 4.69) is 0 Å². The minimum Gasteiger partial charge on any atom is -0.480 e. The first-order chi connectivity index (χ1) is 9.84. The van der Waals surface area contributed by atoms with E-state index >= 15 is 0 Å². The van der Waals surface area contributed by atoms with E-state index in [1.807, 2.05) is 13.8 Å². The number of carboxylic acid groups (broad SMARTS) is 1. The van der Waals surface area contributed by atoms with Crippen LogP contribution in [-0.2, 0) is 19.1 Å². The van der Waals surface area contributed by atoms with Gasteiger partial charge in [-0.2, -0.15) is 0 Å². The number of hydrogen-bond donors (Lipinski definition) is 1. The lowest BCUT2D eigenvalue weighted by atomic mass is 10.0. The number of aliphatic carboxylic acids is 1. The average Bonchev–Trinajstić information content (AvgIpc) is 2.87. The molecule has 0 aliphatic carbocycles. The summed E-state index contributed by atoms with van der Waals surface area (Å²) in [5.74, 6) is -1.19. The molecule has 0 aromatic rings.